The van der Waals surface area contributed by atoms with Crippen molar-refractivity contribution in [3.8, 4) is 11.5 Å². The molecule has 25 heavy (non-hydrogen) atoms. The number of aliphatic imine (C=N–C) groups is 1. The lowest BCUT2D eigenvalue weighted by atomic mass is 10.2. The predicted octanol–water partition coefficient (Wildman–Crippen LogP) is 3.41. The van der Waals surface area contributed by atoms with E-state index in [1.54, 1.807) is 24.3 Å². The number of guanidine groups is 1. The Bertz CT molecular complexity index is 693. The minimum Gasteiger partial charge on any atom is -0.504 e. The van der Waals surface area contributed by atoms with E-state index in [9.17, 15) is 9.50 Å². The highest BCUT2D eigenvalue weighted by Gasteiger charge is 2.03. The molecule has 0 amide bonds. The summed E-state index contributed by atoms with van der Waals surface area (Å²) < 4.78 is 17.9. The van der Waals surface area contributed by atoms with Crippen molar-refractivity contribution in [2.24, 2.45) is 4.99 Å². The van der Waals surface area contributed by atoms with Crippen molar-refractivity contribution in [1.82, 2.24) is 10.6 Å². The van der Waals surface area contributed by atoms with Gasteiger partial charge in [-0.2, -0.15) is 0 Å². The van der Waals surface area contributed by atoms with E-state index in [1.165, 1.54) is 19.2 Å². The standard InChI is InChI=1S/C18H22FN3O2.HI/c1-3-20-18(21-11-13-4-7-15(19)8-5-13)22-12-14-6-9-17(24-2)16(23)10-14;/h4-10,23H,3,11-12H2,1-2H3,(H2,20,21,22);1H. The summed E-state index contributed by atoms with van der Waals surface area (Å²) in [7, 11) is 1.51. The van der Waals surface area contributed by atoms with Crippen molar-refractivity contribution in [1.29, 1.82) is 0 Å². The Hall–Kier alpha value is -2.03. The molecule has 0 fully saturated rings. The van der Waals surface area contributed by atoms with Crippen LogP contribution < -0.4 is 15.4 Å². The van der Waals surface area contributed by atoms with E-state index in [1.807, 2.05) is 13.0 Å². The maximum absolute atomic E-state index is 12.9. The number of nitrogens with zero attached hydrogens (tertiary/aromatic N) is 1. The third-order valence-electron chi connectivity index (χ3n) is 3.38. The number of aromatic hydroxyl groups is 1. The summed E-state index contributed by atoms with van der Waals surface area (Å²) in [6, 6.07) is 11.5. The van der Waals surface area contributed by atoms with Crippen LogP contribution in [0.5, 0.6) is 11.5 Å². The molecule has 0 aliphatic rings. The lowest BCUT2D eigenvalue weighted by Crippen LogP contribution is -2.36. The van der Waals surface area contributed by atoms with Crippen molar-refractivity contribution >= 4 is 29.9 Å². The zero-order valence-electron chi connectivity index (χ0n) is 14.3. The molecule has 136 valence electrons. The number of benzene rings is 2. The summed E-state index contributed by atoms with van der Waals surface area (Å²) in [5.41, 5.74) is 1.83. The molecule has 0 aliphatic carbocycles. The number of phenols is 1. The third-order valence-corrected chi connectivity index (χ3v) is 3.38. The molecule has 0 atom stereocenters. The van der Waals surface area contributed by atoms with Crippen LogP contribution in [0.4, 0.5) is 4.39 Å². The lowest BCUT2D eigenvalue weighted by Gasteiger charge is -2.12. The molecule has 0 aromatic heterocycles. The second kappa shape index (κ2) is 10.8. The SMILES string of the molecule is CCNC(=NCc1ccc(OC)c(O)c1)NCc1ccc(F)cc1.I. The van der Waals surface area contributed by atoms with Crippen LogP contribution in [0.25, 0.3) is 0 Å². The van der Waals surface area contributed by atoms with E-state index in [2.05, 4.69) is 15.6 Å². The smallest absolute Gasteiger partial charge is 0.191 e. The molecular formula is C18H23FIN3O2. The van der Waals surface area contributed by atoms with Crippen LogP contribution >= 0.6 is 24.0 Å². The van der Waals surface area contributed by atoms with Gasteiger partial charge in [0.05, 0.1) is 13.7 Å². The molecule has 0 aliphatic heterocycles. The Labute approximate surface area is 164 Å². The summed E-state index contributed by atoms with van der Waals surface area (Å²) >= 11 is 0. The van der Waals surface area contributed by atoms with Crippen molar-refractivity contribution in [2.75, 3.05) is 13.7 Å². The van der Waals surface area contributed by atoms with E-state index in [-0.39, 0.29) is 35.5 Å². The van der Waals surface area contributed by atoms with Gasteiger partial charge in [0, 0.05) is 13.1 Å². The van der Waals surface area contributed by atoms with Gasteiger partial charge in [-0.3, -0.25) is 0 Å². The highest BCUT2D eigenvalue weighted by atomic mass is 127. The zero-order chi connectivity index (χ0) is 17.4. The number of hydrogen-bond acceptors (Lipinski definition) is 3. The normalized spacial score (nSPS) is 10.8. The maximum Gasteiger partial charge on any atom is 0.191 e. The molecule has 2 aromatic carbocycles. The van der Waals surface area contributed by atoms with E-state index in [4.69, 9.17) is 4.74 Å². The minimum atomic E-state index is -0.251. The van der Waals surface area contributed by atoms with Crippen LogP contribution in [-0.2, 0) is 13.1 Å². The number of nitrogens with one attached hydrogen (secondary N) is 2. The van der Waals surface area contributed by atoms with Crippen molar-refractivity contribution in [3.05, 3.63) is 59.4 Å². The first-order chi connectivity index (χ1) is 11.6. The summed E-state index contributed by atoms with van der Waals surface area (Å²) in [5.74, 6) is 0.925. The van der Waals surface area contributed by atoms with E-state index in [0.29, 0.717) is 24.8 Å². The molecule has 3 N–H and O–H groups in total. The third kappa shape index (κ3) is 6.77. The quantitative estimate of drug-likeness (QED) is 0.352. The Balaban J connectivity index is 0.00000312. The Morgan fingerprint density at radius 1 is 1.12 bits per heavy atom. The molecule has 2 aromatic rings. The van der Waals surface area contributed by atoms with Crippen LogP contribution in [0, 0.1) is 5.82 Å². The summed E-state index contributed by atoms with van der Waals surface area (Å²) in [5, 5.41) is 16.1. The molecule has 0 spiro atoms. The number of phenolic OH excluding ortho intramolecular Hbond substituents is 1. The maximum atomic E-state index is 12.9. The summed E-state index contributed by atoms with van der Waals surface area (Å²) in [4.78, 5) is 4.48. The van der Waals surface area contributed by atoms with Crippen LogP contribution in [0.15, 0.2) is 47.5 Å². The molecule has 0 saturated heterocycles. The van der Waals surface area contributed by atoms with Gasteiger partial charge in [-0.1, -0.05) is 18.2 Å². The largest absolute Gasteiger partial charge is 0.504 e. The fourth-order valence-corrected chi connectivity index (χ4v) is 2.13. The van der Waals surface area contributed by atoms with Crippen molar-refractivity contribution in [2.45, 2.75) is 20.0 Å². The number of halogens is 2. The van der Waals surface area contributed by atoms with Crippen molar-refractivity contribution < 1.29 is 14.2 Å². The average molecular weight is 459 g/mol. The van der Waals surface area contributed by atoms with Crippen LogP contribution in [-0.4, -0.2) is 24.7 Å². The number of rotatable bonds is 6. The van der Waals surface area contributed by atoms with Gasteiger partial charge in [0.15, 0.2) is 17.5 Å². The second-order valence-electron chi connectivity index (χ2n) is 5.18. The first kappa shape index (κ1) is 21.0. The molecule has 7 heteroatoms. The molecular weight excluding hydrogens is 436 g/mol. The Morgan fingerprint density at radius 3 is 2.40 bits per heavy atom. The first-order valence-corrected chi connectivity index (χ1v) is 7.75. The van der Waals surface area contributed by atoms with Crippen molar-refractivity contribution in [3.63, 3.8) is 0 Å². The number of methoxy groups -OCH3 is 1. The van der Waals surface area contributed by atoms with Crippen LogP contribution in [0.3, 0.4) is 0 Å². The van der Waals surface area contributed by atoms with Gasteiger partial charge >= 0.3 is 0 Å². The topological polar surface area (TPSA) is 65.9 Å². The number of ether oxygens (including phenoxy) is 1. The average Bonchev–Trinajstić information content (AvgIpc) is 2.59. The van der Waals surface area contributed by atoms with Crippen LogP contribution in [0.1, 0.15) is 18.1 Å². The fourth-order valence-electron chi connectivity index (χ4n) is 2.13. The minimum absolute atomic E-state index is 0. The van der Waals surface area contributed by atoms with Gasteiger partial charge in [-0.25, -0.2) is 9.38 Å². The fraction of sp³-hybridized carbons (Fsp3) is 0.278. The predicted molar refractivity (Wildman–Crippen MR) is 108 cm³/mol. The van der Waals surface area contributed by atoms with Gasteiger partial charge in [-0.05, 0) is 42.3 Å². The van der Waals surface area contributed by atoms with E-state index >= 15 is 0 Å². The molecule has 0 saturated carbocycles. The molecule has 0 unspecified atom stereocenters. The molecule has 0 radical (unpaired) electrons. The molecule has 2 rings (SSSR count). The highest BCUT2D eigenvalue weighted by Crippen LogP contribution is 2.26. The first-order valence-electron chi connectivity index (χ1n) is 7.75. The van der Waals surface area contributed by atoms with E-state index in [0.717, 1.165) is 17.7 Å². The second-order valence-corrected chi connectivity index (χ2v) is 5.18. The highest BCUT2D eigenvalue weighted by molar-refractivity contribution is 14.0. The molecule has 0 heterocycles. The van der Waals surface area contributed by atoms with Gasteiger partial charge in [0.2, 0.25) is 0 Å². The van der Waals surface area contributed by atoms with Gasteiger partial charge < -0.3 is 20.5 Å². The molecule has 5 nitrogen and oxygen atoms in total. The van der Waals surface area contributed by atoms with E-state index < -0.39 is 0 Å². The van der Waals surface area contributed by atoms with Gasteiger partial charge in [0.1, 0.15) is 5.82 Å². The molecule has 0 bridgehead atoms. The Kier molecular flexibility index (Phi) is 9.04. The van der Waals surface area contributed by atoms with Gasteiger partial charge in [-0.15, -0.1) is 24.0 Å². The summed E-state index contributed by atoms with van der Waals surface area (Å²) in [6.45, 7) is 3.66. The zero-order valence-corrected chi connectivity index (χ0v) is 16.6. The lowest BCUT2D eigenvalue weighted by molar-refractivity contribution is 0.373. The summed E-state index contributed by atoms with van der Waals surface area (Å²) in [6.07, 6.45) is 0. The van der Waals surface area contributed by atoms with Gasteiger partial charge in [0.25, 0.3) is 0 Å². The van der Waals surface area contributed by atoms with Crippen LogP contribution in [0.2, 0.25) is 0 Å². The Morgan fingerprint density at radius 2 is 1.80 bits per heavy atom. The monoisotopic (exact) mass is 459 g/mol. The number of hydrogen-bond donors (Lipinski definition) is 3.